The molecule has 0 atom stereocenters. The van der Waals surface area contributed by atoms with Gasteiger partial charge in [0.1, 0.15) is 5.71 Å². The number of aliphatic carboxylic acids is 1. The number of carbonyl (C=O) groups excluding carboxylic acids is 2. The molecule has 0 fully saturated rings. The zero-order chi connectivity index (χ0) is 20.6. The van der Waals surface area contributed by atoms with Crippen molar-refractivity contribution >= 4 is 29.2 Å². The minimum Gasteiger partial charge on any atom is -0.481 e. The van der Waals surface area contributed by atoms with Crippen molar-refractivity contribution in [3.05, 3.63) is 66.2 Å². The van der Waals surface area contributed by atoms with Crippen molar-refractivity contribution in [1.82, 2.24) is 4.90 Å². The average Bonchev–Trinajstić information content (AvgIpc) is 2.74. The fourth-order valence-corrected chi connectivity index (χ4v) is 3.14. The van der Waals surface area contributed by atoms with Crippen LogP contribution in [-0.4, -0.2) is 40.0 Å². The van der Waals surface area contributed by atoms with E-state index in [2.05, 4.69) is 5.10 Å². The van der Waals surface area contributed by atoms with Crippen molar-refractivity contribution in [2.45, 2.75) is 32.2 Å². The molecule has 1 aliphatic heterocycles. The van der Waals surface area contributed by atoms with E-state index in [0.29, 0.717) is 30.9 Å². The second-order valence-electron chi connectivity index (χ2n) is 6.80. The third-order valence-electron chi connectivity index (χ3n) is 4.60. The van der Waals surface area contributed by atoms with Gasteiger partial charge in [-0.05, 0) is 24.1 Å². The number of carboxylic acid groups (broad SMARTS) is 1. The molecule has 29 heavy (non-hydrogen) atoms. The minimum atomic E-state index is -0.895. The molecule has 7 heteroatoms. The number of hydrogen-bond donors (Lipinski definition) is 1. The molecule has 0 aromatic heterocycles. The maximum atomic E-state index is 13.2. The Morgan fingerprint density at radius 1 is 1.00 bits per heavy atom. The van der Waals surface area contributed by atoms with E-state index in [-0.39, 0.29) is 31.1 Å². The summed E-state index contributed by atoms with van der Waals surface area (Å²) in [5, 5.41) is 14.5. The highest BCUT2D eigenvalue weighted by molar-refractivity contribution is 6.40. The van der Waals surface area contributed by atoms with E-state index < -0.39 is 5.97 Å². The first kappa shape index (κ1) is 20.3. The van der Waals surface area contributed by atoms with Gasteiger partial charge in [-0.1, -0.05) is 48.5 Å². The van der Waals surface area contributed by atoms with Gasteiger partial charge in [0.25, 0.3) is 5.91 Å². The predicted octanol–water partition coefficient (Wildman–Crippen LogP) is 3.06. The summed E-state index contributed by atoms with van der Waals surface area (Å²) in [6.45, 7) is 0.663. The summed E-state index contributed by atoms with van der Waals surface area (Å²) in [6, 6.07) is 18.5. The van der Waals surface area contributed by atoms with Gasteiger partial charge in [0.05, 0.1) is 5.69 Å². The molecular weight excluding hydrogens is 370 g/mol. The van der Waals surface area contributed by atoms with Crippen molar-refractivity contribution in [2.24, 2.45) is 5.10 Å². The van der Waals surface area contributed by atoms with Crippen molar-refractivity contribution < 1.29 is 19.5 Å². The van der Waals surface area contributed by atoms with Crippen LogP contribution in [-0.2, 0) is 20.9 Å². The first-order chi connectivity index (χ1) is 14.0. The van der Waals surface area contributed by atoms with Gasteiger partial charge in [-0.3, -0.25) is 14.4 Å². The molecule has 2 aromatic rings. The fraction of sp³-hybridized carbons (Fsp3) is 0.273. The Kier molecular flexibility index (Phi) is 6.73. The number of benzene rings is 2. The Labute approximate surface area is 169 Å². The molecule has 0 spiro atoms. The minimum absolute atomic E-state index is 0.0142. The molecule has 0 saturated carbocycles. The predicted molar refractivity (Wildman–Crippen MR) is 109 cm³/mol. The van der Waals surface area contributed by atoms with Gasteiger partial charge in [0.2, 0.25) is 5.91 Å². The smallest absolute Gasteiger partial charge is 0.303 e. The summed E-state index contributed by atoms with van der Waals surface area (Å²) in [4.78, 5) is 38.0. The first-order valence-corrected chi connectivity index (χ1v) is 9.55. The van der Waals surface area contributed by atoms with Crippen LogP contribution < -0.4 is 5.01 Å². The second kappa shape index (κ2) is 9.64. The van der Waals surface area contributed by atoms with Gasteiger partial charge in [-0.15, -0.1) is 0 Å². The number of carbonyl (C=O) groups is 3. The molecule has 0 radical (unpaired) electrons. The van der Waals surface area contributed by atoms with Crippen molar-refractivity contribution in [3.63, 3.8) is 0 Å². The quantitative estimate of drug-likeness (QED) is 0.746. The lowest BCUT2D eigenvalue weighted by atomic mass is 10.1. The third-order valence-corrected chi connectivity index (χ3v) is 4.60. The first-order valence-electron chi connectivity index (χ1n) is 9.55. The number of anilines is 1. The number of para-hydroxylation sites is 1. The van der Waals surface area contributed by atoms with E-state index in [1.807, 2.05) is 48.5 Å². The SMILES string of the molecule is O=C(O)CCCN(Cc1ccccc1)C(=O)C1=NN(c2ccccc2)C(=O)CC1. The van der Waals surface area contributed by atoms with Gasteiger partial charge in [-0.2, -0.15) is 5.10 Å². The van der Waals surface area contributed by atoms with E-state index >= 15 is 0 Å². The normalized spacial score (nSPS) is 13.7. The number of hydrazone groups is 1. The number of rotatable bonds is 8. The highest BCUT2D eigenvalue weighted by Gasteiger charge is 2.28. The lowest BCUT2D eigenvalue weighted by Crippen LogP contribution is -2.41. The highest BCUT2D eigenvalue weighted by atomic mass is 16.4. The molecule has 0 aliphatic carbocycles. The molecule has 1 heterocycles. The lowest BCUT2D eigenvalue weighted by molar-refractivity contribution is -0.137. The van der Waals surface area contributed by atoms with Crippen LogP contribution in [0.1, 0.15) is 31.2 Å². The molecule has 0 bridgehead atoms. The average molecular weight is 393 g/mol. The van der Waals surface area contributed by atoms with Crippen LogP contribution in [0.3, 0.4) is 0 Å². The van der Waals surface area contributed by atoms with E-state index in [4.69, 9.17) is 5.11 Å². The fourth-order valence-electron chi connectivity index (χ4n) is 3.14. The van der Waals surface area contributed by atoms with Crippen LogP contribution >= 0.6 is 0 Å². The molecule has 0 unspecified atom stereocenters. The molecule has 0 saturated heterocycles. The topological polar surface area (TPSA) is 90.3 Å². The van der Waals surface area contributed by atoms with E-state index in [1.54, 1.807) is 17.0 Å². The number of amides is 2. The summed E-state index contributed by atoms with van der Waals surface area (Å²) in [5.74, 6) is -1.33. The molecule has 2 aromatic carbocycles. The van der Waals surface area contributed by atoms with Crippen LogP contribution in [0.4, 0.5) is 5.69 Å². The molecule has 1 N–H and O–H groups in total. The van der Waals surface area contributed by atoms with Gasteiger partial charge in [-0.25, -0.2) is 5.01 Å². The summed E-state index contributed by atoms with van der Waals surface area (Å²) in [5.41, 5.74) is 1.87. The molecular formula is C22H23N3O4. The van der Waals surface area contributed by atoms with Crippen LogP contribution in [0.15, 0.2) is 65.8 Å². The van der Waals surface area contributed by atoms with Crippen molar-refractivity contribution in [2.75, 3.05) is 11.6 Å². The Bertz CT molecular complexity index is 897. The number of carboxylic acids is 1. The third kappa shape index (κ3) is 5.51. The van der Waals surface area contributed by atoms with Gasteiger partial charge in [0, 0.05) is 32.4 Å². The Morgan fingerprint density at radius 2 is 1.66 bits per heavy atom. The number of hydrogen-bond acceptors (Lipinski definition) is 4. The molecule has 2 amide bonds. The molecule has 3 rings (SSSR count). The van der Waals surface area contributed by atoms with Gasteiger partial charge < -0.3 is 10.0 Å². The van der Waals surface area contributed by atoms with Crippen LogP contribution in [0, 0.1) is 0 Å². The lowest BCUT2D eigenvalue weighted by Gasteiger charge is -2.27. The van der Waals surface area contributed by atoms with Crippen molar-refractivity contribution in [1.29, 1.82) is 0 Å². The highest BCUT2D eigenvalue weighted by Crippen LogP contribution is 2.21. The van der Waals surface area contributed by atoms with E-state index in [9.17, 15) is 14.4 Å². The Morgan fingerprint density at radius 3 is 2.31 bits per heavy atom. The monoisotopic (exact) mass is 393 g/mol. The van der Waals surface area contributed by atoms with Crippen LogP contribution in [0.2, 0.25) is 0 Å². The molecule has 1 aliphatic rings. The maximum absolute atomic E-state index is 13.2. The summed E-state index contributed by atoms with van der Waals surface area (Å²) in [7, 11) is 0. The molecule has 150 valence electrons. The van der Waals surface area contributed by atoms with Gasteiger partial charge in [0.15, 0.2) is 0 Å². The second-order valence-corrected chi connectivity index (χ2v) is 6.80. The maximum Gasteiger partial charge on any atom is 0.303 e. The Hall–Kier alpha value is -3.48. The van der Waals surface area contributed by atoms with Crippen molar-refractivity contribution in [3.8, 4) is 0 Å². The summed E-state index contributed by atoms with van der Waals surface area (Å²) in [6.07, 6.45) is 0.807. The standard InChI is InChI=1S/C22H23N3O4/c26-20-14-13-19(23-25(20)18-10-5-2-6-11-18)22(29)24(15-7-12-21(27)28)16-17-8-3-1-4-9-17/h1-6,8-11H,7,12-16H2,(H,27,28). The summed E-state index contributed by atoms with van der Waals surface area (Å²) < 4.78 is 0. The zero-order valence-electron chi connectivity index (χ0n) is 16.0. The Balaban J connectivity index is 1.81. The largest absolute Gasteiger partial charge is 0.481 e. The van der Waals surface area contributed by atoms with Gasteiger partial charge >= 0.3 is 5.97 Å². The summed E-state index contributed by atoms with van der Waals surface area (Å²) >= 11 is 0. The number of nitrogens with zero attached hydrogens (tertiary/aromatic N) is 3. The van der Waals surface area contributed by atoms with E-state index in [1.165, 1.54) is 5.01 Å². The van der Waals surface area contributed by atoms with E-state index in [0.717, 1.165) is 5.56 Å². The molecule has 7 nitrogen and oxygen atoms in total. The van der Waals surface area contributed by atoms with Crippen LogP contribution in [0.25, 0.3) is 0 Å². The van der Waals surface area contributed by atoms with Crippen LogP contribution in [0.5, 0.6) is 0 Å². The zero-order valence-corrected chi connectivity index (χ0v) is 16.0.